The lowest BCUT2D eigenvalue weighted by atomic mass is 9.83. The van der Waals surface area contributed by atoms with Gasteiger partial charge >= 0.3 is 0 Å². The van der Waals surface area contributed by atoms with Gasteiger partial charge in [-0.3, -0.25) is 9.59 Å². The first kappa shape index (κ1) is 20.3. The molecule has 1 fully saturated rings. The summed E-state index contributed by atoms with van der Waals surface area (Å²) in [6, 6.07) is 6.95. The zero-order chi connectivity index (χ0) is 21.7. The SMILES string of the molecule is O=C1c2ccccc2C(=O)c2c1cc(O)c(O[C@@H]1O[C@H](CO)[C@@H](O)[C@H](O)[C@H]1O)c2O. The van der Waals surface area contributed by atoms with Crippen molar-refractivity contribution < 1.29 is 49.7 Å². The van der Waals surface area contributed by atoms with Gasteiger partial charge in [-0.05, 0) is 6.07 Å². The number of benzene rings is 2. The monoisotopic (exact) mass is 418 g/mol. The van der Waals surface area contributed by atoms with E-state index in [2.05, 4.69) is 0 Å². The van der Waals surface area contributed by atoms with Gasteiger partial charge in [-0.2, -0.15) is 0 Å². The molecule has 5 atom stereocenters. The highest BCUT2D eigenvalue weighted by Gasteiger charge is 2.45. The molecule has 158 valence electrons. The maximum atomic E-state index is 12.9. The number of ketones is 2. The number of aliphatic hydroxyl groups is 4. The summed E-state index contributed by atoms with van der Waals surface area (Å²) in [5.74, 6) is -3.49. The Bertz CT molecular complexity index is 1030. The molecule has 0 amide bonds. The Balaban J connectivity index is 1.75. The second-order valence-corrected chi connectivity index (χ2v) is 7.01. The van der Waals surface area contributed by atoms with Gasteiger partial charge in [0.15, 0.2) is 23.1 Å². The quantitative estimate of drug-likeness (QED) is 0.311. The number of aliphatic hydroxyl groups excluding tert-OH is 4. The summed E-state index contributed by atoms with van der Waals surface area (Å²) in [4.78, 5) is 25.6. The molecule has 10 heteroatoms. The van der Waals surface area contributed by atoms with Gasteiger partial charge in [0.2, 0.25) is 12.0 Å². The molecule has 0 spiro atoms. The molecule has 2 aromatic rings. The van der Waals surface area contributed by atoms with E-state index in [-0.39, 0.29) is 16.7 Å². The van der Waals surface area contributed by atoms with Gasteiger partial charge in [0, 0.05) is 16.7 Å². The molecule has 1 saturated heterocycles. The third-order valence-electron chi connectivity index (χ3n) is 5.21. The van der Waals surface area contributed by atoms with Crippen LogP contribution >= 0.6 is 0 Å². The van der Waals surface area contributed by atoms with Gasteiger partial charge in [-0.1, -0.05) is 24.3 Å². The third kappa shape index (κ3) is 2.93. The lowest BCUT2D eigenvalue weighted by Gasteiger charge is -2.39. The van der Waals surface area contributed by atoms with E-state index >= 15 is 0 Å². The van der Waals surface area contributed by atoms with Gasteiger partial charge in [-0.15, -0.1) is 0 Å². The van der Waals surface area contributed by atoms with Crippen molar-refractivity contribution in [3.05, 3.63) is 52.6 Å². The van der Waals surface area contributed by atoms with Crippen LogP contribution in [0.1, 0.15) is 31.8 Å². The minimum Gasteiger partial charge on any atom is -0.504 e. The topological polar surface area (TPSA) is 174 Å². The fourth-order valence-corrected chi connectivity index (χ4v) is 3.60. The minimum atomic E-state index is -1.81. The molecule has 4 rings (SSSR count). The lowest BCUT2D eigenvalue weighted by molar-refractivity contribution is -0.277. The maximum absolute atomic E-state index is 12.9. The van der Waals surface area contributed by atoms with E-state index in [4.69, 9.17) is 9.47 Å². The molecule has 2 aromatic carbocycles. The summed E-state index contributed by atoms with van der Waals surface area (Å²) in [7, 11) is 0. The van der Waals surface area contributed by atoms with Crippen LogP contribution in [0.4, 0.5) is 0 Å². The van der Waals surface area contributed by atoms with Gasteiger partial charge < -0.3 is 40.1 Å². The van der Waals surface area contributed by atoms with E-state index in [9.17, 15) is 40.2 Å². The fourth-order valence-electron chi connectivity index (χ4n) is 3.60. The molecular weight excluding hydrogens is 400 g/mol. The van der Waals surface area contributed by atoms with Crippen molar-refractivity contribution in [3.63, 3.8) is 0 Å². The Morgan fingerprint density at radius 2 is 1.53 bits per heavy atom. The Morgan fingerprint density at radius 3 is 2.17 bits per heavy atom. The van der Waals surface area contributed by atoms with E-state index in [1.54, 1.807) is 12.1 Å². The number of hydrogen-bond donors (Lipinski definition) is 6. The summed E-state index contributed by atoms with van der Waals surface area (Å²) in [5, 5.41) is 60.0. The predicted molar refractivity (Wildman–Crippen MR) is 97.5 cm³/mol. The highest BCUT2D eigenvalue weighted by atomic mass is 16.7. The minimum absolute atomic E-state index is 0.0646. The molecule has 0 unspecified atom stereocenters. The number of aromatic hydroxyl groups is 2. The van der Waals surface area contributed by atoms with Crippen molar-refractivity contribution >= 4 is 11.6 Å². The largest absolute Gasteiger partial charge is 0.504 e. The number of hydrogen-bond acceptors (Lipinski definition) is 10. The molecular formula is C20H18O10. The van der Waals surface area contributed by atoms with E-state index in [1.807, 2.05) is 0 Å². The number of carbonyl (C=O) groups is 2. The maximum Gasteiger partial charge on any atom is 0.229 e. The van der Waals surface area contributed by atoms with Gasteiger partial charge in [0.05, 0.1) is 12.2 Å². The third-order valence-corrected chi connectivity index (χ3v) is 5.21. The molecule has 1 heterocycles. The average Bonchev–Trinajstić information content (AvgIpc) is 2.74. The number of rotatable bonds is 3. The summed E-state index contributed by atoms with van der Waals surface area (Å²) in [5.41, 5.74) is -0.433. The molecule has 0 bridgehead atoms. The number of fused-ring (bicyclic) bond motifs is 2. The number of ether oxygens (including phenoxy) is 2. The van der Waals surface area contributed by atoms with Crippen molar-refractivity contribution in [2.24, 2.45) is 0 Å². The number of phenols is 2. The van der Waals surface area contributed by atoms with Crippen LogP contribution in [0.25, 0.3) is 0 Å². The Morgan fingerprint density at radius 1 is 0.900 bits per heavy atom. The van der Waals surface area contributed by atoms with Crippen LogP contribution in [-0.2, 0) is 4.74 Å². The van der Waals surface area contributed by atoms with Crippen molar-refractivity contribution in [2.75, 3.05) is 6.61 Å². The molecule has 0 aromatic heterocycles. The standard InChI is InChI=1S/C20H18O10/c21-6-11-15(25)17(27)18(28)20(29-11)30-19-10(22)5-9-12(16(19)26)14(24)8-4-2-1-3-7(8)13(9)23/h1-5,11,15,17-18,20-22,25-28H,6H2/t11-,15-,17+,18-,20+/m1/s1. The normalized spacial score (nSPS) is 28.1. The van der Waals surface area contributed by atoms with Crippen LogP contribution in [0, 0.1) is 0 Å². The van der Waals surface area contributed by atoms with E-state index in [0.717, 1.165) is 6.07 Å². The summed E-state index contributed by atoms with van der Waals surface area (Å²) >= 11 is 0. The highest BCUT2D eigenvalue weighted by molar-refractivity contribution is 6.29. The molecule has 2 aliphatic rings. The average molecular weight is 418 g/mol. The van der Waals surface area contributed by atoms with Gasteiger partial charge in [0.25, 0.3) is 0 Å². The molecule has 6 N–H and O–H groups in total. The second kappa shape index (κ2) is 7.35. The Kier molecular flexibility index (Phi) is 4.96. The van der Waals surface area contributed by atoms with E-state index in [1.165, 1.54) is 12.1 Å². The molecule has 1 aliphatic carbocycles. The van der Waals surface area contributed by atoms with Gasteiger partial charge in [-0.25, -0.2) is 0 Å². The molecule has 0 saturated carbocycles. The van der Waals surface area contributed by atoms with Crippen LogP contribution in [0.3, 0.4) is 0 Å². The van der Waals surface area contributed by atoms with Crippen LogP contribution in [0.15, 0.2) is 30.3 Å². The van der Waals surface area contributed by atoms with E-state index in [0.29, 0.717) is 0 Å². The van der Waals surface area contributed by atoms with Crippen molar-refractivity contribution in [1.29, 1.82) is 0 Å². The molecule has 30 heavy (non-hydrogen) atoms. The van der Waals surface area contributed by atoms with Crippen LogP contribution < -0.4 is 4.74 Å². The van der Waals surface area contributed by atoms with Crippen molar-refractivity contribution in [2.45, 2.75) is 30.7 Å². The van der Waals surface area contributed by atoms with Gasteiger partial charge in [0.1, 0.15) is 24.4 Å². The lowest BCUT2D eigenvalue weighted by Crippen LogP contribution is -2.60. The molecule has 1 aliphatic heterocycles. The first-order chi connectivity index (χ1) is 14.3. The number of phenolic OH excluding ortho intramolecular Hbond substituents is 2. The summed E-state index contributed by atoms with van der Waals surface area (Å²) in [6.07, 6.45) is -8.19. The highest BCUT2D eigenvalue weighted by Crippen LogP contribution is 2.45. The molecule has 10 nitrogen and oxygen atoms in total. The summed E-state index contributed by atoms with van der Waals surface area (Å²) < 4.78 is 10.5. The summed E-state index contributed by atoms with van der Waals surface area (Å²) in [6.45, 7) is -0.712. The zero-order valence-corrected chi connectivity index (χ0v) is 15.3. The number of carbonyl (C=O) groups excluding carboxylic acids is 2. The van der Waals surface area contributed by atoms with Crippen LogP contribution in [0.5, 0.6) is 17.2 Å². The predicted octanol–water partition coefficient (Wildman–Crippen LogP) is -0.948. The molecule has 0 radical (unpaired) electrons. The van der Waals surface area contributed by atoms with E-state index < -0.39 is 71.7 Å². The van der Waals surface area contributed by atoms with Crippen molar-refractivity contribution in [3.8, 4) is 17.2 Å². The Labute approximate surface area is 169 Å². The second-order valence-electron chi connectivity index (χ2n) is 7.01. The van der Waals surface area contributed by atoms with Crippen molar-refractivity contribution in [1.82, 2.24) is 0 Å². The smallest absolute Gasteiger partial charge is 0.229 e. The first-order valence-corrected chi connectivity index (χ1v) is 9.00. The fraction of sp³-hybridized carbons (Fsp3) is 0.300. The zero-order valence-electron chi connectivity index (χ0n) is 15.3. The Hall–Kier alpha value is -3.02. The first-order valence-electron chi connectivity index (χ1n) is 9.00. The van der Waals surface area contributed by atoms with Crippen LogP contribution in [0.2, 0.25) is 0 Å². The van der Waals surface area contributed by atoms with Crippen LogP contribution in [-0.4, -0.2) is 79.5 Å².